The maximum Gasteiger partial charge on any atom is 0.0314 e. The molecule has 0 aliphatic carbocycles. The molecule has 0 amide bonds. The lowest BCUT2D eigenvalue weighted by Crippen LogP contribution is -2.40. The second-order valence-corrected chi connectivity index (χ2v) is 5.58. The molecule has 0 radical (unpaired) electrons. The summed E-state index contributed by atoms with van der Waals surface area (Å²) in [6.07, 6.45) is 5.39. The molecule has 1 aliphatic heterocycles. The van der Waals surface area contributed by atoms with Gasteiger partial charge >= 0.3 is 0 Å². The summed E-state index contributed by atoms with van der Waals surface area (Å²) in [5.74, 6) is 0. The quantitative estimate of drug-likeness (QED) is 0.565. The van der Waals surface area contributed by atoms with Crippen LogP contribution >= 0.6 is 0 Å². The van der Waals surface area contributed by atoms with E-state index in [9.17, 15) is 0 Å². The van der Waals surface area contributed by atoms with Crippen molar-refractivity contribution in [1.82, 2.24) is 4.90 Å². The van der Waals surface area contributed by atoms with Crippen LogP contribution in [0.2, 0.25) is 0 Å². The van der Waals surface area contributed by atoms with E-state index in [4.69, 9.17) is 0 Å². The fraction of sp³-hybridized carbons (Fsp3) is 0.846. The van der Waals surface area contributed by atoms with Gasteiger partial charge in [0, 0.05) is 17.8 Å². The molecule has 0 bridgehead atoms. The van der Waals surface area contributed by atoms with Gasteiger partial charge in [0.15, 0.2) is 0 Å². The summed E-state index contributed by atoms with van der Waals surface area (Å²) in [5.41, 5.74) is 3.38. The fourth-order valence-electron chi connectivity index (χ4n) is 2.27. The Morgan fingerprint density at radius 1 is 1.07 bits per heavy atom. The summed E-state index contributed by atoms with van der Waals surface area (Å²) in [6, 6.07) is 0. The lowest BCUT2D eigenvalue weighted by molar-refractivity contribution is 0.183. The van der Waals surface area contributed by atoms with Crippen molar-refractivity contribution in [3.63, 3.8) is 0 Å². The third-order valence-corrected chi connectivity index (χ3v) is 3.01. The maximum atomic E-state index is 2.61. The second kappa shape index (κ2) is 4.37. The molecule has 1 nitrogen and oxygen atoms in total. The molecular weight excluding hydrogens is 170 g/mol. The van der Waals surface area contributed by atoms with Crippen LogP contribution in [0.4, 0.5) is 0 Å². The van der Waals surface area contributed by atoms with E-state index in [0.717, 1.165) is 0 Å². The van der Waals surface area contributed by atoms with E-state index >= 15 is 0 Å². The van der Waals surface area contributed by atoms with Crippen molar-refractivity contribution in [2.75, 3.05) is 6.54 Å². The van der Waals surface area contributed by atoms with Crippen LogP contribution in [0.1, 0.15) is 60.3 Å². The Hall–Kier alpha value is -0.460. The zero-order valence-electron chi connectivity index (χ0n) is 10.5. The number of hydrogen-bond acceptors (Lipinski definition) is 1. The molecule has 14 heavy (non-hydrogen) atoms. The molecule has 0 N–H and O–H groups in total. The Morgan fingerprint density at radius 2 is 1.71 bits per heavy atom. The zero-order valence-corrected chi connectivity index (χ0v) is 10.5. The van der Waals surface area contributed by atoms with Crippen molar-refractivity contribution in [2.45, 2.75) is 65.8 Å². The summed E-state index contributed by atoms with van der Waals surface area (Å²) in [6.45, 7) is 12.7. The molecule has 1 aliphatic rings. The van der Waals surface area contributed by atoms with Crippen LogP contribution in [0.3, 0.4) is 0 Å². The van der Waals surface area contributed by atoms with E-state index in [0.29, 0.717) is 0 Å². The molecule has 0 atom stereocenters. The third-order valence-electron chi connectivity index (χ3n) is 3.01. The van der Waals surface area contributed by atoms with Gasteiger partial charge in [0.1, 0.15) is 0 Å². The van der Waals surface area contributed by atoms with Crippen molar-refractivity contribution in [3.05, 3.63) is 11.3 Å². The number of nitrogens with zero attached hydrogens (tertiary/aromatic N) is 1. The summed E-state index contributed by atoms with van der Waals surface area (Å²) in [5, 5.41) is 0. The molecule has 0 aromatic rings. The van der Waals surface area contributed by atoms with Crippen LogP contribution in [0.15, 0.2) is 11.3 Å². The maximum absolute atomic E-state index is 2.61. The Bertz CT molecular complexity index is 216. The van der Waals surface area contributed by atoms with Crippen molar-refractivity contribution in [1.29, 1.82) is 0 Å². The first-order chi connectivity index (χ1) is 6.43. The highest BCUT2D eigenvalue weighted by Gasteiger charge is 2.24. The molecular formula is C13H25N. The molecule has 0 unspecified atom stereocenters. The largest absolute Gasteiger partial charge is 0.370 e. The van der Waals surface area contributed by atoms with Crippen molar-refractivity contribution in [3.8, 4) is 0 Å². The number of likely N-dealkylation sites (tertiary alicyclic amines) is 1. The molecule has 82 valence electrons. The number of rotatable bonds is 0. The van der Waals surface area contributed by atoms with Gasteiger partial charge in [-0.2, -0.15) is 0 Å². The summed E-state index contributed by atoms with van der Waals surface area (Å²) in [4.78, 5) is 2.61. The van der Waals surface area contributed by atoms with Gasteiger partial charge in [-0.05, 0) is 53.9 Å². The van der Waals surface area contributed by atoms with E-state index in [1.54, 1.807) is 5.70 Å². The van der Waals surface area contributed by atoms with Crippen LogP contribution in [0, 0.1) is 0 Å². The molecule has 1 heteroatoms. The van der Waals surface area contributed by atoms with Crippen LogP contribution in [-0.2, 0) is 0 Å². The molecule has 0 aromatic carbocycles. The Labute approximate surface area is 89.2 Å². The van der Waals surface area contributed by atoms with Crippen molar-refractivity contribution >= 4 is 0 Å². The smallest absolute Gasteiger partial charge is 0.0314 e. The van der Waals surface area contributed by atoms with E-state index < -0.39 is 0 Å². The number of hydrogen-bond donors (Lipinski definition) is 0. The van der Waals surface area contributed by atoms with Crippen LogP contribution < -0.4 is 0 Å². The van der Waals surface area contributed by atoms with E-state index in [-0.39, 0.29) is 5.54 Å². The first kappa shape index (κ1) is 11.6. The fourth-order valence-corrected chi connectivity index (χ4v) is 2.27. The van der Waals surface area contributed by atoms with Gasteiger partial charge in [-0.15, -0.1) is 0 Å². The molecule has 1 fully saturated rings. The van der Waals surface area contributed by atoms with E-state index in [1.807, 2.05) is 0 Å². The highest BCUT2D eigenvalue weighted by Crippen LogP contribution is 2.29. The summed E-state index contributed by atoms with van der Waals surface area (Å²) < 4.78 is 0. The Kier molecular flexibility index (Phi) is 3.63. The normalized spacial score (nSPS) is 19.5. The Balaban J connectivity index is 2.92. The third kappa shape index (κ3) is 2.76. The minimum atomic E-state index is 0.289. The zero-order chi connectivity index (χ0) is 10.8. The van der Waals surface area contributed by atoms with Crippen LogP contribution in [0.5, 0.6) is 0 Å². The van der Waals surface area contributed by atoms with Gasteiger partial charge in [0.05, 0.1) is 0 Å². The van der Waals surface area contributed by atoms with Gasteiger partial charge in [-0.3, -0.25) is 0 Å². The average Bonchev–Trinajstić information content (AvgIpc) is 2.26. The highest BCUT2D eigenvalue weighted by atomic mass is 15.2. The molecule has 0 spiro atoms. The molecule has 1 saturated heterocycles. The standard InChI is InChI=1S/C13H25N/c1-11(2)12-9-7-6-8-10-14(12)13(3,4)5/h6-10H2,1-5H3. The van der Waals surface area contributed by atoms with E-state index in [1.165, 1.54) is 37.8 Å². The predicted octanol–water partition coefficient (Wildman–Crippen LogP) is 3.95. The summed E-state index contributed by atoms with van der Waals surface area (Å²) in [7, 11) is 0. The molecule has 0 saturated carbocycles. The second-order valence-electron chi connectivity index (χ2n) is 5.58. The van der Waals surface area contributed by atoms with Crippen LogP contribution in [0.25, 0.3) is 0 Å². The van der Waals surface area contributed by atoms with Gasteiger partial charge in [-0.25, -0.2) is 0 Å². The van der Waals surface area contributed by atoms with Crippen molar-refractivity contribution < 1.29 is 0 Å². The molecule has 1 rings (SSSR count). The van der Waals surface area contributed by atoms with E-state index in [2.05, 4.69) is 39.5 Å². The topological polar surface area (TPSA) is 3.24 Å². The monoisotopic (exact) mass is 195 g/mol. The highest BCUT2D eigenvalue weighted by molar-refractivity contribution is 5.12. The van der Waals surface area contributed by atoms with Gasteiger partial charge in [-0.1, -0.05) is 12.0 Å². The molecule has 0 aromatic heterocycles. The minimum Gasteiger partial charge on any atom is -0.370 e. The van der Waals surface area contributed by atoms with Crippen molar-refractivity contribution in [2.24, 2.45) is 0 Å². The van der Waals surface area contributed by atoms with Gasteiger partial charge in [0.25, 0.3) is 0 Å². The molecule has 1 heterocycles. The lowest BCUT2D eigenvalue weighted by Gasteiger charge is -2.39. The first-order valence-corrected chi connectivity index (χ1v) is 5.87. The van der Waals surface area contributed by atoms with Crippen LogP contribution in [-0.4, -0.2) is 17.0 Å². The SMILES string of the molecule is CC(C)=C1CCCCCN1C(C)(C)C. The van der Waals surface area contributed by atoms with Gasteiger partial charge < -0.3 is 4.90 Å². The predicted molar refractivity (Wildman–Crippen MR) is 63.3 cm³/mol. The Morgan fingerprint density at radius 3 is 2.21 bits per heavy atom. The lowest BCUT2D eigenvalue weighted by atomic mass is 10.0. The van der Waals surface area contributed by atoms with Gasteiger partial charge in [0.2, 0.25) is 0 Å². The minimum absolute atomic E-state index is 0.289. The average molecular weight is 195 g/mol. The number of allylic oxidation sites excluding steroid dienone is 2. The summed E-state index contributed by atoms with van der Waals surface area (Å²) >= 11 is 0. The first-order valence-electron chi connectivity index (χ1n) is 5.87.